The van der Waals surface area contributed by atoms with Crippen LogP contribution in [0.15, 0.2) is 29.2 Å². The molecule has 2 N–H and O–H groups in total. The van der Waals surface area contributed by atoms with Gasteiger partial charge in [-0.1, -0.05) is 18.6 Å². The Bertz CT molecular complexity index is 565. The summed E-state index contributed by atoms with van der Waals surface area (Å²) in [5.74, 6) is 0.702. The zero-order valence-electron chi connectivity index (χ0n) is 12.7. The molecular formula is C15H24N2O2S2. The van der Waals surface area contributed by atoms with Gasteiger partial charge in [0, 0.05) is 28.4 Å². The normalized spacial score (nSPS) is 24.1. The molecule has 1 aromatic rings. The Morgan fingerprint density at radius 1 is 1.24 bits per heavy atom. The number of thioether (sulfide) groups is 1. The number of hydrogen-bond acceptors (Lipinski definition) is 4. The molecule has 2 rings (SSSR count). The molecule has 21 heavy (non-hydrogen) atoms. The zero-order chi connectivity index (χ0) is 15.5. The van der Waals surface area contributed by atoms with Crippen molar-refractivity contribution in [1.82, 2.24) is 4.31 Å². The van der Waals surface area contributed by atoms with Crippen molar-refractivity contribution in [2.45, 2.75) is 50.1 Å². The van der Waals surface area contributed by atoms with E-state index in [-0.39, 0.29) is 17.8 Å². The van der Waals surface area contributed by atoms with E-state index >= 15 is 0 Å². The molecule has 1 aliphatic rings. The van der Waals surface area contributed by atoms with Crippen LogP contribution in [-0.2, 0) is 10.0 Å². The molecule has 6 heteroatoms. The third-order valence-corrected chi connectivity index (χ3v) is 7.38. The Morgan fingerprint density at radius 2 is 1.86 bits per heavy atom. The van der Waals surface area contributed by atoms with Gasteiger partial charge in [-0.25, -0.2) is 8.42 Å². The Labute approximate surface area is 132 Å². The van der Waals surface area contributed by atoms with Crippen molar-refractivity contribution < 1.29 is 8.42 Å². The first-order chi connectivity index (χ1) is 9.92. The number of hydrogen-bond donors (Lipinski definition) is 1. The van der Waals surface area contributed by atoms with Gasteiger partial charge in [0.2, 0.25) is 10.0 Å². The summed E-state index contributed by atoms with van der Waals surface area (Å²) >= 11 is 1.51. The van der Waals surface area contributed by atoms with Gasteiger partial charge in [0.05, 0.1) is 5.75 Å². The molecule has 0 saturated carbocycles. The molecule has 118 valence electrons. The van der Waals surface area contributed by atoms with E-state index in [1.165, 1.54) is 11.8 Å². The van der Waals surface area contributed by atoms with Crippen molar-refractivity contribution in [2.75, 3.05) is 17.2 Å². The molecule has 1 aromatic carbocycles. The van der Waals surface area contributed by atoms with Crippen LogP contribution >= 0.6 is 11.8 Å². The number of anilines is 1. The summed E-state index contributed by atoms with van der Waals surface area (Å²) in [7, 11) is -3.19. The van der Waals surface area contributed by atoms with E-state index in [4.69, 9.17) is 5.73 Å². The highest BCUT2D eigenvalue weighted by Gasteiger charge is 2.34. The molecule has 0 aliphatic carbocycles. The van der Waals surface area contributed by atoms with E-state index in [0.29, 0.717) is 11.4 Å². The first kappa shape index (κ1) is 16.6. The lowest BCUT2D eigenvalue weighted by atomic mass is 10.0. The molecule has 0 spiro atoms. The van der Waals surface area contributed by atoms with Gasteiger partial charge in [-0.05, 0) is 38.8 Å². The third-order valence-electron chi connectivity index (χ3n) is 3.95. The predicted molar refractivity (Wildman–Crippen MR) is 90.0 cm³/mol. The third kappa shape index (κ3) is 4.14. The van der Waals surface area contributed by atoms with Gasteiger partial charge in [0.25, 0.3) is 0 Å². The summed E-state index contributed by atoms with van der Waals surface area (Å²) in [4.78, 5) is 0.951. The minimum Gasteiger partial charge on any atom is -0.398 e. The first-order valence-electron chi connectivity index (χ1n) is 7.40. The number of rotatable bonds is 5. The second-order valence-electron chi connectivity index (χ2n) is 5.66. The van der Waals surface area contributed by atoms with E-state index in [1.807, 2.05) is 38.1 Å². The van der Waals surface area contributed by atoms with Gasteiger partial charge >= 0.3 is 0 Å². The van der Waals surface area contributed by atoms with Crippen molar-refractivity contribution in [2.24, 2.45) is 0 Å². The molecule has 1 heterocycles. The second-order valence-corrected chi connectivity index (χ2v) is 8.79. The molecule has 0 radical (unpaired) electrons. The number of benzene rings is 1. The Balaban J connectivity index is 1.96. The lowest BCUT2D eigenvalue weighted by molar-refractivity contribution is 0.204. The van der Waals surface area contributed by atoms with Crippen molar-refractivity contribution >= 4 is 27.5 Å². The Kier molecular flexibility index (Phi) is 5.57. The van der Waals surface area contributed by atoms with Crippen LogP contribution in [-0.4, -0.2) is 36.3 Å². The smallest absolute Gasteiger partial charge is 0.215 e. The maximum atomic E-state index is 12.6. The molecule has 0 amide bonds. The number of nitrogen functional groups attached to an aromatic ring is 1. The van der Waals surface area contributed by atoms with E-state index in [1.54, 1.807) is 4.31 Å². The maximum absolute atomic E-state index is 12.6. The van der Waals surface area contributed by atoms with E-state index < -0.39 is 10.0 Å². The van der Waals surface area contributed by atoms with Gasteiger partial charge in [-0.3, -0.25) is 0 Å². The highest BCUT2D eigenvalue weighted by atomic mass is 32.2. The predicted octanol–water partition coefficient (Wildman–Crippen LogP) is 2.95. The van der Waals surface area contributed by atoms with Crippen LogP contribution in [0.4, 0.5) is 5.69 Å². The SMILES string of the molecule is C[C@@H]1CCC[C@H](C)N1S(=O)(=O)CCSc1ccccc1N. The molecule has 1 aliphatic heterocycles. The number of piperidine rings is 1. The van der Waals surface area contributed by atoms with Gasteiger partial charge < -0.3 is 5.73 Å². The standard InChI is InChI=1S/C15H24N2O2S2/c1-12-6-5-7-13(2)17(12)21(18,19)11-10-20-15-9-4-3-8-14(15)16/h3-4,8-9,12-13H,5-7,10-11,16H2,1-2H3/t12-,13+. The van der Waals surface area contributed by atoms with Gasteiger partial charge in [-0.2, -0.15) is 4.31 Å². The molecule has 1 saturated heterocycles. The van der Waals surface area contributed by atoms with Crippen LogP contribution in [0.3, 0.4) is 0 Å². The van der Waals surface area contributed by atoms with Crippen LogP contribution in [0.25, 0.3) is 0 Å². The fraction of sp³-hybridized carbons (Fsp3) is 0.600. The highest BCUT2D eigenvalue weighted by Crippen LogP contribution is 2.28. The lowest BCUT2D eigenvalue weighted by Gasteiger charge is -2.37. The summed E-state index contributed by atoms with van der Waals surface area (Å²) in [5.41, 5.74) is 6.58. The molecule has 0 bridgehead atoms. The Morgan fingerprint density at radius 3 is 2.48 bits per heavy atom. The van der Waals surface area contributed by atoms with Gasteiger partial charge in [0.15, 0.2) is 0 Å². The van der Waals surface area contributed by atoms with Crippen LogP contribution < -0.4 is 5.73 Å². The molecule has 4 nitrogen and oxygen atoms in total. The van der Waals surface area contributed by atoms with Gasteiger partial charge in [0.1, 0.15) is 0 Å². The molecule has 0 aromatic heterocycles. The number of nitrogens with zero attached hydrogens (tertiary/aromatic N) is 1. The highest BCUT2D eigenvalue weighted by molar-refractivity contribution is 8.00. The topological polar surface area (TPSA) is 63.4 Å². The second kappa shape index (κ2) is 7.03. The number of para-hydroxylation sites is 1. The fourth-order valence-electron chi connectivity index (χ4n) is 2.92. The largest absolute Gasteiger partial charge is 0.398 e. The summed E-state index contributed by atoms with van der Waals surface area (Å²) < 4.78 is 26.8. The monoisotopic (exact) mass is 328 g/mol. The van der Waals surface area contributed by atoms with E-state index in [2.05, 4.69) is 0 Å². The average Bonchev–Trinajstić information content (AvgIpc) is 2.40. The van der Waals surface area contributed by atoms with Crippen molar-refractivity contribution in [1.29, 1.82) is 0 Å². The summed E-state index contributed by atoms with van der Waals surface area (Å²) in [5, 5.41) is 0. The van der Waals surface area contributed by atoms with Crippen molar-refractivity contribution in [3.05, 3.63) is 24.3 Å². The minimum atomic E-state index is -3.19. The first-order valence-corrected chi connectivity index (χ1v) is 10.00. The number of sulfonamides is 1. The van der Waals surface area contributed by atoms with Crippen molar-refractivity contribution in [3.63, 3.8) is 0 Å². The minimum absolute atomic E-state index is 0.116. The van der Waals surface area contributed by atoms with E-state index in [9.17, 15) is 8.42 Å². The summed E-state index contributed by atoms with van der Waals surface area (Å²) in [6.45, 7) is 4.02. The fourth-order valence-corrected chi connectivity index (χ4v) is 6.24. The van der Waals surface area contributed by atoms with Crippen LogP contribution in [0.5, 0.6) is 0 Å². The molecule has 2 atom stereocenters. The van der Waals surface area contributed by atoms with Crippen LogP contribution in [0, 0.1) is 0 Å². The molecule has 1 fully saturated rings. The summed E-state index contributed by atoms with van der Waals surface area (Å²) in [6, 6.07) is 7.80. The lowest BCUT2D eigenvalue weighted by Crippen LogP contribution is -2.48. The number of nitrogens with two attached hydrogens (primary N) is 1. The van der Waals surface area contributed by atoms with Crippen molar-refractivity contribution in [3.8, 4) is 0 Å². The quantitative estimate of drug-likeness (QED) is 0.667. The molecular weight excluding hydrogens is 304 g/mol. The average molecular weight is 329 g/mol. The van der Waals surface area contributed by atoms with Crippen LogP contribution in [0.1, 0.15) is 33.1 Å². The van der Waals surface area contributed by atoms with Crippen LogP contribution in [0.2, 0.25) is 0 Å². The van der Waals surface area contributed by atoms with Gasteiger partial charge in [-0.15, -0.1) is 11.8 Å². The zero-order valence-corrected chi connectivity index (χ0v) is 14.3. The Hall–Kier alpha value is -0.720. The molecule has 0 unspecified atom stereocenters. The maximum Gasteiger partial charge on any atom is 0.215 e. The summed E-state index contributed by atoms with van der Waals surface area (Å²) in [6.07, 6.45) is 3.04. The van der Waals surface area contributed by atoms with E-state index in [0.717, 1.165) is 24.2 Å².